The molecule has 2 N–H and O–H groups in total. The van der Waals surface area contributed by atoms with Crippen molar-refractivity contribution in [2.24, 2.45) is 0 Å². The summed E-state index contributed by atoms with van der Waals surface area (Å²) in [6.07, 6.45) is 11.0. The summed E-state index contributed by atoms with van der Waals surface area (Å²) in [7, 11) is 0. The fourth-order valence-electron chi connectivity index (χ4n) is 3.41. The molecular weight excluding hydrogens is 378 g/mol. The second-order valence-electron chi connectivity index (χ2n) is 7.14. The fraction of sp³-hybridized carbons (Fsp3) is 0.217. The first-order valence-corrected chi connectivity index (χ1v) is 10.0. The van der Waals surface area contributed by atoms with Crippen LogP contribution in [0, 0.1) is 0 Å². The number of nitrogens with one attached hydrogen (secondary N) is 2. The van der Waals surface area contributed by atoms with Crippen molar-refractivity contribution in [3.63, 3.8) is 0 Å². The van der Waals surface area contributed by atoms with E-state index in [-0.39, 0.29) is 11.8 Å². The number of carbonyl (C=O) groups is 2. The Morgan fingerprint density at radius 1 is 1.17 bits per heavy atom. The highest BCUT2D eigenvalue weighted by Gasteiger charge is 2.21. The zero-order valence-corrected chi connectivity index (χ0v) is 16.5. The van der Waals surface area contributed by atoms with Crippen LogP contribution >= 0.6 is 0 Å². The highest BCUT2D eigenvalue weighted by Crippen LogP contribution is 2.24. The summed E-state index contributed by atoms with van der Waals surface area (Å²) in [6, 6.07) is 13.1. The van der Waals surface area contributed by atoms with Crippen molar-refractivity contribution >= 4 is 17.9 Å². The van der Waals surface area contributed by atoms with E-state index in [0.29, 0.717) is 13.0 Å². The SMILES string of the molecule is O=C(C=Cc1cn(-c2ccccc2)nc1-c1cccnc1)NC1CCCCNC1=O. The lowest BCUT2D eigenvalue weighted by molar-refractivity contribution is -0.126. The predicted octanol–water partition coefficient (Wildman–Crippen LogP) is 2.73. The maximum absolute atomic E-state index is 12.4. The Labute approximate surface area is 174 Å². The topological polar surface area (TPSA) is 88.9 Å². The summed E-state index contributed by atoms with van der Waals surface area (Å²) >= 11 is 0. The van der Waals surface area contributed by atoms with E-state index >= 15 is 0 Å². The molecule has 0 radical (unpaired) electrons. The van der Waals surface area contributed by atoms with E-state index in [9.17, 15) is 9.59 Å². The Morgan fingerprint density at radius 3 is 2.83 bits per heavy atom. The van der Waals surface area contributed by atoms with Gasteiger partial charge in [0.1, 0.15) is 11.7 Å². The maximum Gasteiger partial charge on any atom is 0.244 e. The van der Waals surface area contributed by atoms with Crippen molar-refractivity contribution in [1.29, 1.82) is 0 Å². The summed E-state index contributed by atoms with van der Waals surface area (Å²) < 4.78 is 1.78. The van der Waals surface area contributed by atoms with Crippen molar-refractivity contribution in [3.05, 3.63) is 72.7 Å². The van der Waals surface area contributed by atoms with Gasteiger partial charge in [0.2, 0.25) is 11.8 Å². The van der Waals surface area contributed by atoms with Crippen molar-refractivity contribution in [3.8, 4) is 16.9 Å². The van der Waals surface area contributed by atoms with Crippen LogP contribution in [0.2, 0.25) is 0 Å². The minimum atomic E-state index is -0.491. The van der Waals surface area contributed by atoms with E-state index in [4.69, 9.17) is 5.10 Å². The van der Waals surface area contributed by atoms with Crippen LogP contribution in [-0.2, 0) is 9.59 Å². The second kappa shape index (κ2) is 9.17. The molecule has 2 amide bonds. The molecule has 4 rings (SSSR count). The van der Waals surface area contributed by atoms with E-state index in [2.05, 4.69) is 15.6 Å². The molecule has 3 heterocycles. The molecule has 0 saturated carbocycles. The molecule has 1 fully saturated rings. The van der Waals surface area contributed by atoms with Crippen LogP contribution in [0.25, 0.3) is 23.0 Å². The highest BCUT2D eigenvalue weighted by atomic mass is 16.2. The van der Waals surface area contributed by atoms with E-state index < -0.39 is 6.04 Å². The largest absolute Gasteiger partial charge is 0.354 e. The monoisotopic (exact) mass is 401 g/mol. The van der Waals surface area contributed by atoms with Gasteiger partial charge in [-0.3, -0.25) is 14.6 Å². The third kappa shape index (κ3) is 4.63. The molecule has 1 aromatic carbocycles. The molecule has 0 aliphatic carbocycles. The van der Waals surface area contributed by atoms with Crippen molar-refractivity contribution in [1.82, 2.24) is 25.4 Å². The average Bonchev–Trinajstić information content (AvgIpc) is 3.12. The molecule has 1 aliphatic rings. The van der Waals surface area contributed by atoms with Gasteiger partial charge in [0.25, 0.3) is 0 Å². The number of aromatic nitrogens is 3. The standard InChI is InChI=1S/C23H23N5O2/c29-21(26-20-10-4-5-14-25-23(20)30)12-11-18-16-28(19-8-2-1-3-9-19)27-22(18)17-7-6-13-24-15-17/h1-3,6-9,11-13,15-16,20H,4-5,10,14H2,(H,25,30)(H,26,29). The van der Waals surface area contributed by atoms with Crippen LogP contribution in [-0.4, -0.2) is 39.2 Å². The van der Waals surface area contributed by atoms with E-state index in [1.54, 1.807) is 23.2 Å². The summed E-state index contributed by atoms with van der Waals surface area (Å²) in [5, 5.41) is 10.3. The summed E-state index contributed by atoms with van der Waals surface area (Å²) in [4.78, 5) is 28.7. The minimum absolute atomic E-state index is 0.123. The maximum atomic E-state index is 12.4. The van der Waals surface area contributed by atoms with Gasteiger partial charge in [-0.05, 0) is 49.6 Å². The molecule has 7 heteroatoms. The molecule has 30 heavy (non-hydrogen) atoms. The van der Waals surface area contributed by atoms with Gasteiger partial charge in [0.15, 0.2) is 0 Å². The molecule has 0 bridgehead atoms. The smallest absolute Gasteiger partial charge is 0.244 e. The quantitative estimate of drug-likeness (QED) is 0.644. The molecule has 1 unspecified atom stereocenters. The van der Waals surface area contributed by atoms with Gasteiger partial charge in [-0.1, -0.05) is 18.2 Å². The Morgan fingerprint density at radius 2 is 2.03 bits per heavy atom. The number of hydrogen-bond acceptors (Lipinski definition) is 4. The molecule has 152 valence electrons. The molecule has 2 aromatic heterocycles. The predicted molar refractivity (Wildman–Crippen MR) is 115 cm³/mol. The van der Waals surface area contributed by atoms with Gasteiger partial charge in [0, 0.05) is 42.3 Å². The molecule has 1 aliphatic heterocycles. The minimum Gasteiger partial charge on any atom is -0.354 e. The van der Waals surface area contributed by atoms with E-state index in [0.717, 1.165) is 35.3 Å². The lowest BCUT2D eigenvalue weighted by Crippen LogP contribution is -2.44. The van der Waals surface area contributed by atoms with Crippen molar-refractivity contribution in [2.45, 2.75) is 25.3 Å². The first kappa shape index (κ1) is 19.6. The summed E-state index contributed by atoms with van der Waals surface area (Å²) in [5.41, 5.74) is 3.28. The number of pyridine rings is 1. The number of rotatable bonds is 5. The molecule has 0 spiro atoms. The lowest BCUT2D eigenvalue weighted by atomic mass is 10.1. The Bertz CT molecular complexity index is 1040. The zero-order valence-electron chi connectivity index (χ0n) is 16.5. The number of nitrogens with zero attached hydrogens (tertiary/aromatic N) is 3. The van der Waals surface area contributed by atoms with E-state index in [1.807, 2.05) is 48.7 Å². The van der Waals surface area contributed by atoms with E-state index in [1.165, 1.54) is 6.08 Å². The van der Waals surface area contributed by atoms with Crippen molar-refractivity contribution in [2.75, 3.05) is 6.54 Å². The highest BCUT2D eigenvalue weighted by molar-refractivity contribution is 5.96. The lowest BCUT2D eigenvalue weighted by Gasteiger charge is -2.13. The van der Waals surface area contributed by atoms with Crippen LogP contribution in [0.1, 0.15) is 24.8 Å². The molecule has 1 atom stereocenters. The first-order valence-electron chi connectivity index (χ1n) is 10.0. The van der Waals surface area contributed by atoms with Gasteiger partial charge >= 0.3 is 0 Å². The van der Waals surface area contributed by atoms with Crippen molar-refractivity contribution < 1.29 is 9.59 Å². The van der Waals surface area contributed by atoms with Crippen LogP contribution in [0.5, 0.6) is 0 Å². The third-order valence-electron chi connectivity index (χ3n) is 4.96. The summed E-state index contributed by atoms with van der Waals surface area (Å²) in [6.45, 7) is 0.661. The normalized spacial score (nSPS) is 16.8. The second-order valence-corrected chi connectivity index (χ2v) is 7.14. The zero-order chi connectivity index (χ0) is 20.8. The third-order valence-corrected chi connectivity index (χ3v) is 4.96. The molecular formula is C23H23N5O2. The van der Waals surface area contributed by atoms with Crippen LogP contribution in [0.3, 0.4) is 0 Å². The molecule has 3 aromatic rings. The number of hydrogen-bond donors (Lipinski definition) is 2. The number of carbonyl (C=O) groups excluding carboxylic acids is 2. The van der Waals surface area contributed by atoms with Gasteiger partial charge < -0.3 is 10.6 Å². The van der Waals surface area contributed by atoms with Crippen LogP contribution in [0.4, 0.5) is 0 Å². The summed E-state index contributed by atoms with van der Waals surface area (Å²) in [5.74, 6) is -0.427. The van der Waals surface area contributed by atoms with Gasteiger partial charge in [-0.2, -0.15) is 5.10 Å². The Kier molecular flexibility index (Phi) is 5.98. The number of benzene rings is 1. The average molecular weight is 401 g/mol. The number of amides is 2. The van der Waals surface area contributed by atoms with Gasteiger partial charge in [0.05, 0.1) is 5.69 Å². The van der Waals surface area contributed by atoms with Crippen LogP contribution in [0.15, 0.2) is 67.1 Å². The van der Waals surface area contributed by atoms with Gasteiger partial charge in [-0.25, -0.2) is 4.68 Å². The van der Waals surface area contributed by atoms with Gasteiger partial charge in [-0.15, -0.1) is 0 Å². The number of para-hydroxylation sites is 1. The fourth-order valence-corrected chi connectivity index (χ4v) is 3.41. The Hall–Kier alpha value is -3.74. The first-order chi connectivity index (χ1) is 14.7. The molecule has 1 saturated heterocycles. The van der Waals surface area contributed by atoms with Crippen LogP contribution < -0.4 is 10.6 Å². The Balaban J connectivity index is 1.58. The molecule has 7 nitrogen and oxygen atoms in total.